The number of nitrogens with zero attached hydrogens (tertiary/aromatic N) is 1. The fourth-order valence-corrected chi connectivity index (χ4v) is 1.49. The van der Waals surface area contributed by atoms with E-state index in [-0.39, 0.29) is 0 Å². The van der Waals surface area contributed by atoms with Gasteiger partial charge in [-0.25, -0.2) is 10.2 Å². The Kier molecular flexibility index (Phi) is 4.29. The molecule has 0 bridgehead atoms. The fourth-order valence-electron chi connectivity index (χ4n) is 1.49. The molecule has 0 heterocycles. The summed E-state index contributed by atoms with van der Waals surface area (Å²) in [6.07, 6.45) is -0.610. The smallest absolute Gasteiger partial charge is 0.409 e. The zero-order valence-corrected chi connectivity index (χ0v) is 10.5. The monoisotopic (exact) mass is 254 g/mol. The maximum Gasteiger partial charge on any atom is 0.433 e. The van der Waals surface area contributed by atoms with E-state index in [1.165, 1.54) is 0 Å². The Hall–Kier alpha value is -2.62. The van der Waals surface area contributed by atoms with Crippen LogP contribution in [-0.2, 0) is 0 Å². The Morgan fingerprint density at radius 3 is 2.21 bits per heavy atom. The van der Waals surface area contributed by atoms with E-state index in [1.807, 2.05) is 43.3 Å². The van der Waals surface area contributed by atoms with Crippen molar-refractivity contribution in [3.05, 3.63) is 66.2 Å². The van der Waals surface area contributed by atoms with Crippen LogP contribution in [0.25, 0.3) is 0 Å². The van der Waals surface area contributed by atoms with Crippen LogP contribution >= 0.6 is 0 Å². The van der Waals surface area contributed by atoms with Crippen molar-refractivity contribution in [2.45, 2.75) is 6.92 Å². The highest BCUT2D eigenvalue weighted by Gasteiger charge is 2.02. The summed E-state index contributed by atoms with van der Waals surface area (Å²) in [7, 11) is 0. The van der Waals surface area contributed by atoms with E-state index < -0.39 is 6.09 Å². The Bertz CT molecular complexity index is 565. The summed E-state index contributed by atoms with van der Waals surface area (Å²) in [6, 6.07) is 18.4. The lowest BCUT2D eigenvalue weighted by Gasteiger charge is -2.04. The number of carbonyl (C=O) groups excluding carboxylic acids is 1. The highest BCUT2D eigenvalue weighted by atomic mass is 16.6. The first kappa shape index (κ1) is 12.8. The molecule has 0 spiro atoms. The zero-order chi connectivity index (χ0) is 13.5. The second-order valence-electron chi connectivity index (χ2n) is 3.88. The molecule has 0 fully saturated rings. The molecule has 0 unspecified atom stereocenters. The van der Waals surface area contributed by atoms with Gasteiger partial charge in [-0.3, -0.25) is 0 Å². The zero-order valence-electron chi connectivity index (χ0n) is 10.5. The maximum absolute atomic E-state index is 11.5. The van der Waals surface area contributed by atoms with E-state index in [9.17, 15) is 4.79 Å². The van der Waals surface area contributed by atoms with Gasteiger partial charge in [0.05, 0.1) is 5.71 Å². The second-order valence-corrected chi connectivity index (χ2v) is 3.88. The molecule has 19 heavy (non-hydrogen) atoms. The summed E-state index contributed by atoms with van der Waals surface area (Å²) in [5, 5.41) is 3.98. The number of hydrogen-bond donors (Lipinski definition) is 1. The largest absolute Gasteiger partial charge is 0.433 e. The number of amides is 1. The third-order valence-electron chi connectivity index (χ3n) is 2.46. The summed E-state index contributed by atoms with van der Waals surface area (Å²) in [5.74, 6) is 0.479. The molecule has 0 saturated heterocycles. The third-order valence-corrected chi connectivity index (χ3v) is 2.46. The van der Waals surface area contributed by atoms with E-state index in [1.54, 1.807) is 24.3 Å². The fraction of sp³-hybridized carbons (Fsp3) is 0.0667. The lowest BCUT2D eigenvalue weighted by molar-refractivity contribution is 0.201. The van der Waals surface area contributed by atoms with Crippen LogP contribution in [0.3, 0.4) is 0 Å². The molecule has 0 saturated carbocycles. The summed E-state index contributed by atoms with van der Waals surface area (Å²) in [4.78, 5) is 11.5. The van der Waals surface area contributed by atoms with Crippen molar-refractivity contribution in [2.75, 3.05) is 0 Å². The Morgan fingerprint density at radius 1 is 1.00 bits per heavy atom. The minimum Gasteiger partial charge on any atom is -0.409 e. The Balaban J connectivity index is 1.93. The van der Waals surface area contributed by atoms with Gasteiger partial charge >= 0.3 is 6.09 Å². The van der Waals surface area contributed by atoms with Crippen LogP contribution < -0.4 is 10.2 Å². The summed E-state index contributed by atoms with van der Waals surface area (Å²) >= 11 is 0. The number of para-hydroxylation sites is 1. The first-order chi connectivity index (χ1) is 9.25. The standard InChI is InChI=1S/C15H14N2O2/c1-12(13-8-4-2-5-9-13)16-17-15(18)19-14-10-6-3-7-11-14/h2-11H,1H3,(H,17,18)/b16-12-. The molecule has 1 N–H and O–H groups in total. The topological polar surface area (TPSA) is 50.7 Å². The molecule has 2 aromatic carbocycles. The van der Waals surface area contributed by atoms with E-state index >= 15 is 0 Å². The quantitative estimate of drug-likeness (QED) is 0.675. The lowest BCUT2D eigenvalue weighted by Crippen LogP contribution is -2.23. The molecule has 0 atom stereocenters. The number of nitrogens with one attached hydrogen (secondary N) is 1. The van der Waals surface area contributed by atoms with Crippen LogP contribution in [0, 0.1) is 0 Å². The number of carbonyl (C=O) groups is 1. The molecule has 0 radical (unpaired) electrons. The molecule has 96 valence electrons. The van der Waals surface area contributed by atoms with Crippen molar-refractivity contribution in [3.63, 3.8) is 0 Å². The number of rotatable bonds is 3. The van der Waals surface area contributed by atoms with Crippen molar-refractivity contribution in [1.82, 2.24) is 5.43 Å². The van der Waals surface area contributed by atoms with Crippen LogP contribution in [0.5, 0.6) is 5.75 Å². The van der Waals surface area contributed by atoms with E-state index in [0.717, 1.165) is 5.56 Å². The van der Waals surface area contributed by atoms with E-state index in [2.05, 4.69) is 10.5 Å². The minimum atomic E-state index is -0.610. The van der Waals surface area contributed by atoms with Gasteiger partial charge in [0.2, 0.25) is 0 Å². The van der Waals surface area contributed by atoms with Crippen LogP contribution in [0.2, 0.25) is 0 Å². The summed E-state index contributed by atoms with van der Waals surface area (Å²) in [6.45, 7) is 1.82. The molecule has 4 nitrogen and oxygen atoms in total. The summed E-state index contributed by atoms with van der Waals surface area (Å²) in [5.41, 5.74) is 4.02. The van der Waals surface area contributed by atoms with Crippen LogP contribution in [0.4, 0.5) is 4.79 Å². The molecule has 2 rings (SSSR count). The van der Waals surface area contributed by atoms with Crippen molar-refractivity contribution in [2.24, 2.45) is 5.10 Å². The Labute approximate surface area is 111 Å². The third kappa shape index (κ3) is 3.96. The van der Waals surface area contributed by atoms with Crippen LogP contribution in [0.1, 0.15) is 12.5 Å². The molecule has 4 heteroatoms. The van der Waals surface area contributed by atoms with E-state index in [0.29, 0.717) is 11.5 Å². The summed E-state index contributed by atoms with van der Waals surface area (Å²) < 4.78 is 5.04. The van der Waals surface area contributed by atoms with Crippen LogP contribution in [-0.4, -0.2) is 11.8 Å². The van der Waals surface area contributed by atoms with Gasteiger partial charge in [0, 0.05) is 0 Å². The average Bonchev–Trinajstić information content (AvgIpc) is 2.47. The second kappa shape index (κ2) is 6.35. The van der Waals surface area contributed by atoms with Gasteiger partial charge < -0.3 is 4.74 Å². The van der Waals surface area contributed by atoms with Crippen molar-refractivity contribution >= 4 is 11.8 Å². The first-order valence-corrected chi connectivity index (χ1v) is 5.88. The van der Waals surface area contributed by atoms with Gasteiger partial charge in [-0.1, -0.05) is 48.5 Å². The lowest BCUT2D eigenvalue weighted by atomic mass is 10.1. The Morgan fingerprint density at radius 2 is 1.58 bits per heavy atom. The SMILES string of the molecule is C/C(=N/NC(=O)Oc1ccccc1)c1ccccc1. The van der Waals surface area contributed by atoms with Crippen molar-refractivity contribution in [3.8, 4) is 5.75 Å². The molecule has 0 aliphatic heterocycles. The van der Waals surface area contributed by atoms with Crippen molar-refractivity contribution in [1.29, 1.82) is 0 Å². The molecule has 0 aliphatic carbocycles. The predicted octanol–water partition coefficient (Wildman–Crippen LogP) is 3.20. The van der Waals surface area contributed by atoms with Gasteiger partial charge in [-0.2, -0.15) is 5.10 Å². The average molecular weight is 254 g/mol. The van der Waals surface area contributed by atoms with E-state index in [4.69, 9.17) is 4.74 Å². The molecule has 0 aliphatic rings. The molecule has 0 aromatic heterocycles. The highest BCUT2D eigenvalue weighted by molar-refractivity contribution is 5.99. The van der Waals surface area contributed by atoms with Gasteiger partial charge in [0.25, 0.3) is 0 Å². The van der Waals surface area contributed by atoms with Crippen LogP contribution in [0.15, 0.2) is 65.8 Å². The number of benzene rings is 2. The van der Waals surface area contributed by atoms with Gasteiger partial charge in [0.1, 0.15) is 5.75 Å². The maximum atomic E-state index is 11.5. The van der Waals surface area contributed by atoms with Gasteiger partial charge in [0.15, 0.2) is 0 Å². The van der Waals surface area contributed by atoms with Gasteiger partial charge in [-0.15, -0.1) is 0 Å². The minimum absolute atomic E-state index is 0.479. The number of ether oxygens (including phenoxy) is 1. The predicted molar refractivity (Wildman–Crippen MR) is 74.3 cm³/mol. The molecular weight excluding hydrogens is 240 g/mol. The normalized spacial score (nSPS) is 10.9. The molecule has 1 amide bonds. The molecular formula is C15H14N2O2. The number of hydrogen-bond acceptors (Lipinski definition) is 3. The van der Waals surface area contributed by atoms with Crippen molar-refractivity contribution < 1.29 is 9.53 Å². The highest BCUT2D eigenvalue weighted by Crippen LogP contribution is 2.08. The van der Waals surface area contributed by atoms with Gasteiger partial charge in [-0.05, 0) is 24.6 Å². The first-order valence-electron chi connectivity index (χ1n) is 5.88. The molecule has 2 aromatic rings. The number of hydrazone groups is 1.